The molecule has 3 N–H and O–H groups in total. The van der Waals surface area contributed by atoms with Gasteiger partial charge in [0.25, 0.3) is 0 Å². The van der Waals surface area contributed by atoms with Crippen molar-refractivity contribution < 1.29 is 0 Å². The maximum atomic E-state index is 5.60. The van der Waals surface area contributed by atoms with E-state index in [2.05, 4.69) is 19.9 Å². The molecular weight excluding hydrogens is 222 g/mol. The van der Waals surface area contributed by atoms with E-state index in [-0.39, 0.29) is 0 Å². The molecule has 0 saturated heterocycles. The van der Waals surface area contributed by atoms with E-state index in [1.165, 1.54) is 0 Å². The monoisotopic (exact) mass is 231 g/mol. The maximum absolute atomic E-state index is 5.60. The summed E-state index contributed by atoms with van der Waals surface area (Å²) in [5.74, 6) is 1.21. The number of pyridine rings is 1. The number of rotatable bonds is 1. The highest BCUT2D eigenvalue weighted by molar-refractivity contribution is 7.09. The lowest BCUT2D eigenvalue weighted by molar-refractivity contribution is 1.23. The number of nitrogens with one attached hydrogen (secondary N) is 1. The Bertz CT molecular complexity index is 654. The third kappa shape index (κ3) is 1.43. The Hall–Kier alpha value is -1.95. The van der Waals surface area contributed by atoms with Gasteiger partial charge in [0.2, 0.25) is 0 Å². The fourth-order valence-electron chi connectivity index (χ4n) is 1.50. The molecule has 0 amide bonds. The van der Waals surface area contributed by atoms with Gasteiger partial charge in [0.05, 0.1) is 10.5 Å². The van der Waals surface area contributed by atoms with Crippen LogP contribution in [0.2, 0.25) is 0 Å². The number of thiazole rings is 1. The first-order valence-corrected chi connectivity index (χ1v) is 5.65. The van der Waals surface area contributed by atoms with Crippen molar-refractivity contribution in [1.82, 2.24) is 19.9 Å². The lowest BCUT2D eigenvalue weighted by Crippen LogP contribution is -1.88. The number of aromatic amines is 1. The molecule has 0 radical (unpaired) electrons. The minimum atomic E-state index is 0.472. The van der Waals surface area contributed by atoms with E-state index in [1.54, 1.807) is 17.4 Å². The SMILES string of the molecule is Cc1nc(-c2nc3nc(N)ccc3[nH]2)cs1. The number of aryl methyl sites for hydroxylation is 1. The Kier molecular flexibility index (Phi) is 1.90. The van der Waals surface area contributed by atoms with Gasteiger partial charge in [-0.1, -0.05) is 0 Å². The van der Waals surface area contributed by atoms with E-state index in [0.717, 1.165) is 22.0 Å². The van der Waals surface area contributed by atoms with Crippen LogP contribution in [0.5, 0.6) is 0 Å². The van der Waals surface area contributed by atoms with Crippen molar-refractivity contribution in [3.8, 4) is 11.5 Å². The molecule has 16 heavy (non-hydrogen) atoms. The van der Waals surface area contributed by atoms with E-state index >= 15 is 0 Å². The molecule has 3 heterocycles. The van der Waals surface area contributed by atoms with Crippen molar-refractivity contribution in [2.24, 2.45) is 0 Å². The topological polar surface area (TPSA) is 80.5 Å². The van der Waals surface area contributed by atoms with Gasteiger partial charge in [-0.2, -0.15) is 0 Å². The molecule has 5 nitrogen and oxygen atoms in total. The summed E-state index contributed by atoms with van der Waals surface area (Å²) >= 11 is 1.60. The van der Waals surface area contributed by atoms with Crippen molar-refractivity contribution in [3.63, 3.8) is 0 Å². The van der Waals surface area contributed by atoms with Gasteiger partial charge in [-0.15, -0.1) is 11.3 Å². The molecule has 6 heteroatoms. The van der Waals surface area contributed by atoms with Gasteiger partial charge in [-0.05, 0) is 19.1 Å². The van der Waals surface area contributed by atoms with E-state index in [4.69, 9.17) is 5.73 Å². The van der Waals surface area contributed by atoms with Crippen LogP contribution >= 0.6 is 11.3 Å². The molecule has 0 atom stereocenters. The quantitative estimate of drug-likeness (QED) is 0.671. The average Bonchev–Trinajstić information content (AvgIpc) is 2.83. The van der Waals surface area contributed by atoms with E-state index in [0.29, 0.717) is 11.5 Å². The first kappa shape index (κ1) is 9.29. The number of aromatic nitrogens is 4. The summed E-state index contributed by atoms with van der Waals surface area (Å²) < 4.78 is 0. The Morgan fingerprint density at radius 2 is 2.12 bits per heavy atom. The minimum Gasteiger partial charge on any atom is -0.384 e. The van der Waals surface area contributed by atoms with E-state index in [1.807, 2.05) is 18.4 Å². The zero-order valence-corrected chi connectivity index (χ0v) is 9.38. The second kappa shape index (κ2) is 3.28. The summed E-state index contributed by atoms with van der Waals surface area (Å²) in [6.07, 6.45) is 0. The summed E-state index contributed by atoms with van der Waals surface area (Å²) in [7, 11) is 0. The fraction of sp³-hybridized carbons (Fsp3) is 0.100. The molecule has 3 aromatic heterocycles. The highest BCUT2D eigenvalue weighted by Gasteiger charge is 2.08. The van der Waals surface area contributed by atoms with Crippen LogP contribution in [-0.4, -0.2) is 19.9 Å². The second-order valence-electron chi connectivity index (χ2n) is 3.44. The largest absolute Gasteiger partial charge is 0.384 e. The molecular formula is C10H9N5S. The lowest BCUT2D eigenvalue weighted by atomic mass is 10.4. The third-order valence-corrected chi connectivity index (χ3v) is 3.00. The van der Waals surface area contributed by atoms with Gasteiger partial charge >= 0.3 is 0 Å². The summed E-state index contributed by atoms with van der Waals surface area (Å²) in [4.78, 5) is 16.0. The zero-order valence-electron chi connectivity index (χ0n) is 8.56. The van der Waals surface area contributed by atoms with E-state index in [9.17, 15) is 0 Å². The van der Waals surface area contributed by atoms with Gasteiger partial charge in [0, 0.05) is 5.38 Å². The number of nitrogen functional groups attached to an aromatic ring is 1. The number of hydrogen-bond acceptors (Lipinski definition) is 5. The molecule has 3 rings (SSSR count). The number of nitrogens with two attached hydrogens (primary N) is 1. The van der Waals surface area contributed by atoms with Crippen molar-refractivity contribution in [3.05, 3.63) is 22.5 Å². The van der Waals surface area contributed by atoms with Gasteiger partial charge in [0.15, 0.2) is 11.5 Å². The third-order valence-electron chi connectivity index (χ3n) is 2.23. The summed E-state index contributed by atoms with van der Waals surface area (Å²) in [6, 6.07) is 3.62. The van der Waals surface area contributed by atoms with Crippen molar-refractivity contribution in [1.29, 1.82) is 0 Å². The summed E-state index contributed by atoms with van der Waals surface area (Å²) in [6.45, 7) is 1.97. The molecule has 0 spiro atoms. The van der Waals surface area contributed by atoms with Crippen LogP contribution in [0.4, 0.5) is 5.82 Å². The smallest absolute Gasteiger partial charge is 0.180 e. The van der Waals surface area contributed by atoms with Crippen molar-refractivity contribution >= 4 is 28.3 Å². The first-order chi connectivity index (χ1) is 7.72. The van der Waals surface area contributed by atoms with Crippen molar-refractivity contribution in [2.75, 3.05) is 5.73 Å². The predicted octanol–water partition coefficient (Wildman–Crippen LogP) is 1.97. The van der Waals surface area contributed by atoms with Crippen LogP contribution in [0.1, 0.15) is 5.01 Å². The zero-order chi connectivity index (χ0) is 11.1. The molecule has 80 valence electrons. The highest BCUT2D eigenvalue weighted by atomic mass is 32.1. The molecule has 0 fully saturated rings. The number of nitrogens with zero attached hydrogens (tertiary/aromatic N) is 3. The molecule has 0 aliphatic carbocycles. The number of fused-ring (bicyclic) bond motifs is 1. The second-order valence-corrected chi connectivity index (χ2v) is 4.51. The maximum Gasteiger partial charge on any atom is 0.180 e. The Morgan fingerprint density at radius 3 is 2.88 bits per heavy atom. The number of anilines is 1. The van der Waals surface area contributed by atoms with Crippen LogP contribution in [0.15, 0.2) is 17.5 Å². The van der Waals surface area contributed by atoms with Crippen LogP contribution in [0, 0.1) is 6.92 Å². The standard InChI is InChI=1S/C10H9N5S/c1-5-12-7(4-16-5)10-13-6-2-3-8(11)14-9(6)15-10/h2-4H,1H3,(H3,11,13,14,15). The van der Waals surface area contributed by atoms with Gasteiger partial charge in [-0.25, -0.2) is 15.0 Å². The highest BCUT2D eigenvalue weighted by Crippen LogP contribution is 2.21. The van der Waals surface area contributed by atoms with Crippen LogP contribution in [0.25, 0.3) is 22.7 Å². The molecule has 0 aliphatic heterocycles. The number of H-pyrrole nitrogens is 1. The van der Waals surface area contributed by atoms with Gasteiger partial charge in [-0.3, -0.25) is 0 Å². The van der Waals surface area contributed by atoms with Crippen molar-refractivity contribution in [2.45, 2.75) is 6.92 Å². The number of hydrogen-bond donors (Lipinski definition) is 2. The van der Waals surface area contributed by atoms with Gasteiger partial charge < -0.3 is 10.7 Å². The molecule has 0 saturated carbocycles. The Morgan fingerprint density at radius 1 is 1.25 bits per heavy atom. The average molecular weight is 231 g/mol. The summed E-state index contributed by atoms with van der Waals surface area (Å²) in [5, 5.41) is 2.99. The predicted molar refractivity (Wildman–Crippen MR) is 64.1 cm³/mol. The van der Waals surface area contributed by atoms with Crippen LogP contribution in [0.3, 0.4) is 0 Å². The normalized spacial score (nSPS) is 11.1. The Labute approximate surface area is 95.4 Å². The van der Waals surface area contributed by atoms with Crippen LogP contribution < -0.4 is 5.73 Å². The fourth-order valence-corrected chi connectivity index (χ4v) is 2.10. The van der Waals surface area contributed by atoms with Gasteiger partial charge in [0.1, 0.15) is 11.5 Å². The lowest BCUT2D eigenvalue weighted by Gasteiger charge is -1.88. The molecule has 0 aliphatic rings. The molecule has 0 aromatic carbocycles. The number of imidazole rings is 1. The Balaban J connectivity index is 2.18. The molecule has 0 bridgehead atoms. The molecule has 0 unspecified atom stereocenters. The minimum absolute atomic E-state index is 0.472. The molecule has 3 aromatic rings. The van der Waals surface area contributed by atoms with Crippen LogP contribution in [-0.2, 0) is 0 Å². The van der Waals surface area contributed by atoms with E-state index < -0.39 is 0 Å². The summed E-state index contributed by atoms with van der Waals surface area (Å²) in [5.41, 5.74) is 7.94. The first-order valence-electron chi connectivity index (χ1n) is 4.77.